The van der Waals surface area contributed by atoms with Crippen molar-refractivity contribution in [2.45, 2.75) is 26.3 Å². The third-order valence-corrected chi connectivity index (χ3v) is 4.21. The van der Waals surface area contributed by atoms with Crippen LogP contribution in [0.2, 0.25) is 0 Å². The van der Waals surface area contributed by atoms with Gasteiger partial charge in [-0.05, 0) is 31.9 Å². The minimum atomic E-state index is -0.601. The Morgan fingerprint density at radius 1 is 1.27 bits per heavy atom. The molecule has 0 spiro atoms. The number of amides is 3. The first-order valence-electron chi connectivity index (χ1n) is 7.32. The van der Waals surface area contributed by atoms with Crippen molar-refractivity contribution in [3.63, 3.8) is 0 Å². The van der Waals surface area contributed by atoms with Crippen molar-refractivity contribution < 1.29 is 19.1 Å². The molecule has 3 rings (SSSR count). The molecule has 0 aromatic heterocycles. The molecule has 6 heteroatoms. The van der Waals surface area contributed by atoms with Gasteiger partial charge >= 0.3 is 6.09 Å². The number of ether oxygens (including phenoxy) is 1. The van der Waals surface area contributed by atoms with Crippen molar-refractivity contribution in [2.75, 3.05) is 19.7 Å². The van der Waals surface area contributed by atoms with E-state index in [2.05, 4.69) is 0 Å². The maximum Gasteiger partial charge on any atom is 0.417 e. The molecule has 2 fully saturated rings. The van der Waals surface area contributed by atoms with Gasteiger partial charge in [0.05, 0.1) is 6.04 Å². The fourth-order valence-corrected chi connectivity index (χ4v) is 3.08. The van der Waals surface area contributed by atoms with Crippen molar-refractivity contribution in [3.05, 3.63) is 34.9 Å². The van der Waals surface area contributed by atoms with Crippen LogP contribution in [0, 0.1) is 13.8 Å². The zero-order valence-corrected chi connectivity index (χ0v) is 12.7. The lowest BCUT2D eigenvalue weighted by molar-refractivity contribution is -0.127. The molecule has 22 heavy (non-hydrogen) atoms. The van der Waals surface area contributed by atoms with E-state index in [1.807, 2.05) is 32.0 Å². The van der Waals surface area contributed by atoms with Crippen LogP contribution in [0.4, 0.5) is 4.79 Å². The normalized spacial score (nSPS) is 21.5. The third-order valence-electron chi connectivity index (χ3n) is 4.21. The highest BCUT2D eigenvalue weighted by Crippen LogP contribution is 2.22. The number of benzene rings is 1. The summed E-state index contributed by atoms with van der Waals surface area (Å²) in [5.41, 5.74) is 2.71. The third kappa shape index (κ3) is 2.45. The fraction of sp³-hybridized carbons (Fsp3) is 0.438. The summed E-state index contributed by atoms with van der Waals surface area (Å²) in [6, 6.07) is 5.43. The Hall–Kier alpha value is -2.37. The summed E-state index contributed by atoms with van der Waals surface area (Å²) in [5.74, 6) is -0.379. The molecule has 1 unspecified atom stereocenters. The van der Waals surface area contributed by atoms with E-state index in [0.717, 1.165) is 16.0 Å². The molecular weight excluding hydrogens is 284 g/mol. The van der Waals surface area contributed by atoms with Gasteiger partial charge in [0.2, 0.25) is 0 Å². The van der Waals surface area contributed by atoms with Gasteiger partial charge in [0.15, 0.2) is 6.61 Å². The molecule has 2 aliphatic rings. The molecular formula is C16H18N2O4. The smallest absolute Gasteiger partial charge is 0.417 e. The van der Waals surface area contributed by atoms with E-state index in [1.54, 1.807) is 4.90 Å². The first-order chi connectivity index (χ1) is 10.5. The first kappa shape index (κ1) is 14.6. The zero-order chi connectivity index (χ0) is 15.9. The average molecular weight is 302 g/mol. The molecule has 116 valence electrons. The number of likely N-dealkylation sites (tertiary alicyclic amines) is 1. The molecule has 2 saturated heterocycles. The molecule has 1 aromatic carbocycles. The van der Waals surface area contributed by atoms with Gasteiger partial charge in [-0.3, -0.25) is 9.59 Å². The molecule has 0 N–H and O–H groups in total. The number of hydrogen-bond donors (Lipinski definition) is 0. The Kier molecular flexibility index (Phi) is 3.60. The second-order valence-electron chi connectivity index (χ2n) is 5.83. The van der Waals surface area contributed by atoms with Crippen LogP contribution in [0.3, 0.4) is 0 Å². The minimum Gasteiger partial charge on any atom is -0.439 e. The monoisotopic (exact) mass is 302 g/mol. The predicted octanol–water partition coefficient (Wildman–Crippen LogP) is 1.50. The molecule has 1 aromatic rings. The predicted molar refractivity (Wildman–Crippen MR) is 78.4 cm³/mol. The largest absolute Gasteiger partial charge is 0.439 e. The Morgan fingerprint density at radius 3 is 2.68 bits per heavy atom. The van der Waals surface area contributed by atoms with E-state index in [0.29, 0.717) is 25.1 Å². The van der Waals surface area contributed by atoms with Crippen molar-refractivity contribution in [1.29, 1.82) is 0 Å². The van der Waals surface area contributed by atoms with Gasteiger partial charge in [-0.25, -0.2) is 9.69 Å². The second-order valence-corrected chi connectivity index (χ2v) is 5.83. The van der Waals surface area contributed by atoms with E-state index in [4.69, 9.17) is 4.74 Å². The van der Waals surface area contributed by atoms with Gasteiger partial charge in [0.1, 0.15) is 0 Å². The van der Waals surface area contributed by atoms with Crippen LogP contribution in [0.25, 0.3) is 0 Å². The Bertz CT molecular complexity index is 640. The van der Waals surface area contributed by atoms with Crippen LogP contribution in [-0.2, 0) is 9.53 Å². The number of carbonyl (C=O) groups excluding carboxylic acids is 3. The highest BCUT2D eigenvalue weighted by atomic mass is 16.6. The molecule has 3 amide bonds. The van der Waals surface area contributed by atoms with Crippen LogP contribution in [-0.4, -0.2) is 53.4 Å². The van der Waals surface area contributed by atoms with E-state index >= 15 is 0 Å². The Morgan fingerprint density at radius 2 is 2.05 bits per heavy atom. The van der Waals surface area contributed by atoms with Crippen molar-refractivity contribution in [2.24, 2.45) is 0 Å². The van der Waals surface area contributed by atoms with Crippen molar-refractivity contribution in [3.8, 4) is 0 Å². The number of cyclic esters (lactones) is 1. The lowest BCUT2D eigenvalue weighted by Crippen LogP contribution is -2.42. The number of imide groups is 1. The molecule has 1 atom stereocenters. The maximum absolute atomic E-state index is 12.6. The average Bonchev–Trinajstić information content (AvgIpc) is 3.05. The first-order valence-corrected chi connectivity index (χ1v) is 7.32. The topological polar surface area (TPSA) is 66.9 Å². The standard InChI is InChI=1S/C16H18N2O4/c1-10-3-4-13(11(2)7-10)15(20)17-6-5-12(8-17)18-14(19)9-22-16(18)21/h3-4,7,12H,5-6,8-9H2,1-2H3. The number of carbonyl (C=O) groups is 3. The van der Waals surface area contributed by atoms with Gasteiger partial charge in [-0.2, -0.15) is 0 Å². The molecule has 0 saturated carbocycles. The summed E-state index contributed by atoms with van der Waals surface area (Å²) in [6.45, 7) is 4.61. The fourth-order valence-electron chi connectivity index (χ4n) is 3.08. The van der Waals surface area contributed by atoms with Crippen LogP contribution in [0.1, 0.15) is 27.9 Å². The summed E-state index contributed by atoms with van der Waals surface area (Å²) >= 11 is 0. The van der Waals surface area contributed by atoms with E-state index < -0.39 is 6.09 Å². The molecule has 0 bridgehead atoms. The highest BCUT2D eigenvalue weighted by Gasteiger charge is 2.41. The van der Waals surface area contributed by atoms with Gasteiger partial charge in [0, 0.05) is 18.7 Å². The van der Waals surface area contributed by atoms with Gasteiger partial charge in [-0.15, -0.1) is 0 Å². The van der Waals surface area contributed by atoms with E-state index in [1.165, 1.54) is 0 Å². The summed E-state index contributed by atoms with van der Waals surface area (Å²) in [5, 5.41) is 0. The van der Waals surface area contributed by atoms with E-state index in [9.17, 15) is 14.4 Å². The van der Waals surface area contributed by atoms with E-state index in [-0.39, 0.29) is 24.5 Å². The molecule has 2 aliphatic heterocycles. The SMILES string of the molecule is Cc1ccc(C(=O)N2CCC(N3C(=O)COC3=O)C2)c(C)c1. The van der Waals surface area contributed by atoms with Crippen molar-refractivity contribution >= 4 is 17.9 Å². The summed E-state index contributed by atoms with van der Waals surface area (Å²) in [7, 11) is 0. The lowest BCUT2D eigenvalue weighted by atomic mass is 10.0. The summed E-state index contributed by atoms with van der Waals surface area (Å²) in [4.78, 5) is 38.7. The molecule has 0 aliphatic carbocycles. The Labute approximate surface area is 128 Å². The van der Waals surface area contributed by atoms with Gasteiger partial charge in [0.25, 0.3) is 11.8 Å². The van der Waals surface area contributed by atoms with Crippen molar-refractivity contribution in [1.82, 2.24) is 9.80 Å². The quantitative estimate of drug-likeness (QED) is 0.830. The minimum absolute atomic E-state index is 0.0555. The number of hydrogen-bond acceptors (Lipinski definition) is 4. The summed E-state index contributed by atoms with van der Waals surface area (Å²) < 4.78 is 4.74. The number of aryl methyl sites for hydroxylation is 2. The number of nitrogens with zero attached hydrogens (tertiary/aromatic N) is 2. The maximum atomic E-state index is 12.6. The molecule has 2 heterocycles. The van der Waals surface area contributed by atoms with Crippen LogP contribution in [0.5, 0.6) is 0 Å². The van der Waals surface area contributed by atoms with Gasteiger partial charge < -0.3 is 9.64 Å². The lowest BCUT2D eigenvalue weighted by Gasteiger charge is -2.21. The summed E-state index contributed by atoms with van der Waals surface area (Å²) in [6.07, 6.45) is -0.00637. The molecule has 6 nitrogen and oxygen atoms in total. The van der Waals surface area contributed by atoms with Gasteiger partial charge in [-0.1, -0.05) is 17.7 Å². The second kappa shape index (κ2) is 5.44. The van der Waals surface area contributed by atoms with Crippen LogP contribution >= 0.6 is 0 Å². The number of rotatable bonds is 2. The van der Waals surface area contributed by atoms with Crippen LogP contribution < -0.4 is 0 Å². The van der Waals surface area contributed by atoms with Crippen LogP contribution in [0.15, 0.2) is 18.2 Å². The Balaban J connectivity index is 1.73. The zero-order valence-electron chi connectivity index (χ0n) is 12.7. The highest BCUT2D eigenvalue weighted by molar-refractivity contribution is 5.99. The molecule has 0 radical (unpaired) electrons.